The van der Waals surface area contributed by atoms with Gasteiger partial charge in [0.25, 0.3) is 0 Å². The van der Waals surface area contributed by atoms with E-state index in [1.54, 1.807) is 0 Å². The van der Waals surface area contributed by atoms with Crippen molar-refractivity contribution >= 4 is 29.7 Å². The molecule has 0 radical (unpaired) electrons. The molecule has 2 nitrogen and oxygen atoms in total. The van der Waals surface area contributed by atoms with E-state index in [-0.39, 0.29) is 63.6 Å². The van der Waals surface area contributed by atoms with Gasteiger partial charge in [0.15, 0.2) is 0 Å². The van der Waals surface area contributed by atoms with Crippen LogP contribution in [0.5, 0.6) is 0 Å². The quantitative estimate of drug-likeness (QED) is 0.418. The Morgan fingerprint density at radius 2 is 0.909 bits per heavy atom. The minimum absolute atomic E-state index is 0. The third-order valence-electron chi connectivity index (χ3n) is 4.66. The second-order valence-electron chi connectivity index (χ2n) is 6.59. The van der Waals surface area contributed by atoms with Crippen LogP contribution >= 0.6 is 5.69 Å². The minimum atomic E-state index is -2.48. The summed E-state index contributed by atoms with van der Waals surface area (Å²) in [7, 11) is 0. The normalized spacial score (nSPS) is 23.7. The molecular weight excluding hydrogens is 358 g/mol. The minimum Gasteiger partial charge on any atom is -0.691 e. The zero-order valence-electron chi connectivity index (χ0n) is 14.1. The molecule has 0 atom stereocenters. The van der Waals surface area contributed by atoms with Crippen molar-refractivity contribution in [3.8, 4) is 0 Å². The summed E-state index contributed by atoms with van der Waals surface area (Å²) in [4.78, 5) is 0. The van der Waals surface area contributed by atoms with Crippen LogP contribution in [-0.4, -0.2) is 12.2 Å². The van der Waals surface area contributed by atoms with Crippen LogP contribution in [0.4, 0.5) is 0 Å². The molecule has 0 spiro atoms. The molecule has 124 valence electrons. The maximum absolute atomic E-state index is 6.11. The molecule has 0 unspecified atom stereocenters. The fourth-order valence-electron chi connectivity index (χ4n) is 3.44. The molecule has 2 fully saturated rings. The first-order valence-corrected chi connectivity index (χ1v) is 12.5. The Kier molecular flexibility index (Phi) is 13.2. The van der Waals surface area contributed by atoms with Crippen molar-refractivity contribution in [2.45, 2.75) is 102 Å². The SMILES string of the molecule is S=P([S-])(OC1CCCCCCC1)OC1CCCCCCC1.[K+]. The number of rotatable bonds is 4. The van der Waals surface area contributed by atoms with Crippen LogP contribution in [-0.2, 0) is 33.1 Å². The predicted molar refractivity (Wildman–Crippen MR) is 96.0 cm³/mol. The molecule has 0 aromatic carbocycles. The van der Waals surface area contributed by atoms with Crippen molar-refractivity contribution in [1.29, 1.82) is 0 Å². The van der Waals surface area contributed by atoms with Crippen LogP contribution < -0.4 is 51.4 Å². The third-order valence-corrected chi connectivity index (χ3v) is 6.81. The van der Waals surface area contributed by atoms with Gasteiger partial charge in [0, 0.05) is 0 Å². The molecule has 0 amide bonds. The van der Waals surface area contributed by atoms with Crippen LogP contribution in [0.1, 0.15) is 89.9 Å². The maximum atomic E-state index is 6.11. The standard InChI is InChI=1S/C16H31O2PS2.K/c20-19(21,17-15-11-7-3-1-4-8-12-15)18-16-13-9-5-2-6-10-14-16;/h15-16H,1-14H2,(H,20,21);/q;+1/p-1. The van der Waals surface area contributed by atoms with Gasteiger partial charge in [-0.3, -0.25) is 0 Å². The van der Waals surface area contributed by atoms with E-state index in [0.29, 0.717) is 0 Å². The van der Waals surface area contributed by atoms with Crippen molar-refractivity contribution < 1.29 is 60.4 Å². The molecule has 0 N–H and O–H groups in total. The fourth-order valence-corrected chi connectivity index (χ4v) is 6.10. The van der Waals surface area contributed by atoms with Gasteiger partial charge in [0.05, 0.1) is 17.9 Å². The summed E-state index contributed by atoms with van der Waals surface area (Å²) < 4.78 is 12.2. The van der Waals surface area contributed by atoms with Gasteiger partial charge in [-0.1, -0.05) is 76.0 Å². The van der Waals surface area contributed by atoms with Gasteiger partial charge in [-0.15, -0.1) is 0 Å². The zero-order chi connectivity index (χ0) is 15.0. The van der Waals surface area contributed by atoms with Crippen molar-refractivity contribution in [3.63, 3.8) is 0 Å². The summed E-state index contributed by atoms with van der Waals surface area (Å²) in [5, 5.41) is 0. The maximum Gasteiger partial charge on any atom is 1.00 e. The first kappa shape index (κ1) is 22.6. The van der Waals surface area contributed by atoms with E-state index < -0.39 is 5.69 Å². The Morgan fingerprint density at radius 1 is 0.636 bits per heavy atom. The van der Waals surface area contributed by atoms with E-state index in [2.05, 4.69) is 0 Å². The van der Waals surface area contributed by atoms with E-state index in [9.17, 15) is 0 Å². The van der Waals surface area contributed by atoms with Gasteiger partial charge in [-0.25, -0.2) is 0 Å². The molecule has 2 aliphatic rings. The summed E-state index contributed by atoms with van der Waals surface area (Å²) in [5.74, 6) is 0. The molecule has 6 heteroatoms. The topological polar surface area (TPSA) is 18.5 Å². The molecule has 0 aromatic rings. The molecule has 0 saturated heterocycles. The van der Waals surface area contributed by atoms with Crippen LogP contribution in [0.25, 0.3) is 0 Å². The fraction of sp³-hybridized carbons (Fsp3) is 1.00. The zero-order valence-corrected chi connectivity index (χ0v) is 19.8. The molecule has 2 saturated carbocycles. The molecule has 0 heterocycles. The Hall–Kier alpha value is 2.56. The van der Waals surface area contributed by atoms with Crippen molar-refractivity contribution in [2.24, 2.45) is 0 Å². The summed E-state index contributed by atoms with van der Waals surface area (Å²) >= 11 is 11.1. The molecule has 2 aliphatic carbocycles. The number of hydrogen-bond donors (Lipinski definition) is 0. The summed E-state index contributed by atoms with van der Waals surface area (Å²) in [5.41, 5.74) is -2.48. The second-order valence-corrected chi connectivity index (χ2v) is 11.5. The van der Waals surface area contributed by atoms with Gasteiger partial charge in [0.1, 0.15) is 0 Å². The molecule has 0 aliphatic heterocycles. The second kappa shape index (κ2) is 12.8. The molecular formula is C16H30KO2PS2. The average Bonchev–Trinajstić information content (AvgIpc) is 2.35. The van der Waals surface area contributed by atoms with Gasteiger partial charge in [-0.2, -0.15) is 0 Å². The Bertz CT molecular complexity index is 300. The molecule has 0 bridgehead atoms. The third kappa shape index (κ3) is 9.89. The Morgan fingerprint density at radius 3 is 1.23 bits per heavy atom. The first-order chi connectivity index (χ1) is 10.2. The largest absolute Gasteiger partial charge is 1.00 e. The average molecular weight is 389 g/mol. The van der Waals surface area contributed by atoms with Crippen molar-refractivity contribution in [1.82, 2.24) is 0 Å². The van der Waals surface area contributed by atoms with Crippen molar-refractivity contribution in [3.05, 3.63) is 0 Å². The van der Waals surface area contributed by atoms with Gasteiger partial charge in [-0.05, 0) is 25.7 Å². The van der Waals surface area contributed by atoms with Crippen molar-refractivity contribution in [2.75, 3.05) is 0 Å². The molecule has 0 aromatic heterocycles. The summed E-state index contributed by atoms with van der Waals surface area (Å²) in [6.07, 6.45) is 18.0. The van der Waals surface area contributed by atoms with Gasteiger partial charge >= 0.3 is 51.4 Å². The Labute approximate surface area is 190 Å². The summed E-state index contributed by atoms with van der Waals surface area (Å²) in [6, 6.07) is 0. The van der Waals surface area contributed by atoms with E-state index in [1.807, 2.05) is 0 Å². The van der Waals surface area contributed by atoms with E-state index in [1.165, 1.54) is 64.2 Å². The molecule has 2 rings (SSSR count). The first-order valence-electron chi connectivity index (χ1n) is 8.83. The van der Waals surface area contributed by atoms with Crippen LogP contribution in [0.15, 0.2) is 0 Å². The van der Waals surface area contributed by atoms with Gasteiger partial charge in [0.2, 0.25) is 0 Å². The van der Waals surface area contributed by atoms with E-state index in [0.717, 1.165) is 25.7 Å². The van der Waals surface area contributed by atoms with Crippen LogP contribution in [0.2, 0.25) is 0 Å². The smallest absolute Gasteiger partial charge is 0.691 e. The van der Waals surface area contributed by atoms with E-state index >= 15 is 0 Å². The molecule has 22 heavy (non-hydrogen) atoms. The number of hydrogen-bond acceptors (Lipinski definition) is 4. The monoisotopic (exact) mass is 388 g/mol. The van der Waals surface area contributed by atoms with Crippen LogP contribution in [0.3, 0.4) is 0 Å². The van der Waals surface area contributed by atoms with Crippen LogP contribution in [0, 0.1) is 0 Å². The van der Waals surface area contributed by atoms with E-state index in [4.69, 9.17) is 33.1 Å². The summed E-state index contributed by atoms with van der Waals surface area (Å²) in [6.45, 7) is 0. The van der Waals surface area contributed by atoms with Gasteiger partial charge < -0.3 is 21.3 Å². The Balaban J connectivity index is 0.00000242. The predicted octanol–water partition coefficient (Wildman–Crippen LogP) is 3.02.